The van der Waals surface area contributed by atoms with E-state index in [-0.39, 0.29) is 11.2 Å². The molecule has 0 radical (unpaired) electrons. The minimum Gasteiger partial charge on any atom is -0.310 e. The summed E-state index contributed by atoms with van der Waals surface area (Å²) in [5.74, 6) is 0. The predicted molar refractivity (Wildman–Crippen MR) is 57.9 cm³/mol. The van der Waals surface area contributed by atoms with Crippen molar-refractivity contribution in [3.8, 4) is 0 Å². The molecule has 2 aromatic rings. The summed E-state index contributed by atoms with van der Waals surface area (Å²) in [6.45, 7) is 7.97. The van der Waals surface area contributed by atoms with E-state index in [9.17, 15) is 4.79 Å². The van der Waals surface area contributed by atoms with E-state index < -0.39 is 0 Å². The van der Waals surface area contributed by atoms with Crippen LogP contribution in [0.3, 0.4) is 0 Å². The minimum atomic E-state index is -0.328. The number of nitrogens with zero attached hydrogens (tertiary/aromatic N) is 3. The van der Waals surface area contributed by atoms with Crippen LogP contribution < -0.4 is 5.69 Å². The molecule has 2 heterocycles. The maximum atomic E-state index is 11.3. The molecule has 80 valence electrons. The molecule has 0 spiro atoms. The summed E-state index contributed by atoms with van der Waals surface area (Å²) in [7, 11) is 0. The van der Waals surface area contributed by atoms with Crippen molar-refractivity contribution in [2.24, 2.45) is 0 Å². The van der Waals surface area contributed by atoms with Crippen molar-refractivity contribution in [3.05, 3.63) is 22.5 Å². The van der Waals surface area contributed by atoms with Gasteiger partial charge in [-0.2, -0.15) is 4.98 Å². The van der Waals surface area contributed by atoms with Crippen molar-refractivity contribution in [1.29, 1.82) is 0 Å². The number of rotatable bonds is 0. The number of H-pyrrole nitrogens is 1. The van der Waals surface area contributed by atoms with E-state index in [1.165, 1.54) is 0 Å². The molecule has 0 bridgehead atoms. The Labute approximate surface area is 87.2 Å². The zero-order valence-electron chi connectivity index (χ0n) is 9.33. The van der Waals surface area contributed by atoms with E-state index >= 15 is 0 Å². The Kier molecular flexibility index (Phi) is 1.92. The summed E-state index contributed by atoms with van der Waals surface area (Å²) in [6.07, 6.45) is 1.72. The van der Waals surface area contributed by atoms with Gasteiger partial charge in [-0.25, -0.2) is 9.78 Å². The van der Waals surface area contributed by atoms with Gasteiger partial charge in [-0.15, -0.1) is 0 Å². The van der Waals surface area contributed by atoms with Gasteiger partial charge in [-0.1, -0.05) is 0 Å². The highest BCUT2D eigenvalue weighted by atomic mass is 16.1. The van der Waals surface area contributed by atoms with Crippen LogP contribution in [0.15, 0.2) is 11.1 Å². The molecule has 15 heavy (non-hydrogen) atoms. The van der Waals surface area contributed by atoms with Crippen LogP contribution in [-0.2, 0) is 5.54 Å². The van der Waals surface area contributed by atoms with Gasteiger partial charge in [-0.3, -0.25) is 0 Å². The first-order valence-corrected chi connectivity index (χ1v) is 4.84. The van der Waals surface area contributed by atoms with Crippen LogP contribution in [-0.4, -0.2) is 19.5 Å². The highest BCUT2D eigenvalue weighted by Gasteiger charge is 2.18. The molecule has 0 aliphatic rings. The van der Waals surface area contributed by atoms with Crippen molar-refractivity contribution >= 4 is 11.2 Å². The summed E-state index contributed by atoms with van der Waals surface area (Å²) in [4.78, 5) is 22.1. The van der Waals surface area contributed by atoms with E-state index in [1.54, 1.807) is 6.33 Å². The van der Waals surface area contributed by atoms with Gasteiger partial charge in [0.1, 0.15) is 5.52 Å². The lowest BCUT2D eigenvalue weighted by Gasteiger charge is -2.20. The molecule has 0 amide bonds. The molecule has 0 aromatic carbocycles. The third-order valence-corrected chi connectivity index (χ3v) is 2.32. The Balaban J connectivity index is 2.86. The average Bonchev–Trinajstić information content (AvgIpc) is 2.45. The van der Waals surface area contributed by atoms with E-state index in [0.29, 0.717) is 5.65 Å². The van der Waals surface area contributed by atoms with Crippen LogP contribution in [0, 0.1) is 6.92 Å². The largest absolute Gasteiger partial charge is 0.347 e. The molecule has 0 fully saturated rings. The highest BCUT2D eigenvalue weighted by Crippen LogP contribution is 2.20. The van der Waals surface area contributed by atoms with Gasteiger partial charge in [0.15, 0.2) is 5.65 Å². The lowest BCUT2D eigenvalue weighted by molar-refractivity contribution is 0.405. The van der Waals surface area contributed by atoms with Crippen molar-refractivity contribution < 1.29 is 0 Å². The molecule has 0 aliphatic carbocycles. The molecular formula is C10H14N4O. The number of aromatic nitrogens is 4. The second-order valence-corrected chi connectivity index (χ2v) is 4.62. The van der Waals surface area contributed by atoms with Gasteiger partial charge in [-0.05, 0) is 27.7 Å². The third kappa shape index (κ3) is 1.54. The van der Waals surface area contributed by atoms with Crippen LogP contribution >= 0.6 is 0 Å². The fourth-order valence-corrected chi connectivity index (χ4v) is 1.55. The zero-order valence-corrected chi connectivity index (χ0v) is 9.33. The molecule has 0 aliphatic heterocycles. The Morgan fingerprint density at radius 1 is 1.40 bits per heavy atom. The maximum Gasteiger partial charge on any atom is 0.347 e. The predicted octanol–water partition coefficient (Wildman–Crippen LogP) is 1.18. The van der Waals surface area contributed by atoms with Crippen molar-refractivity contribution in [3.63, 3.8) is 0 Å². The number of aryl methyl sites for hydroxylation is 1. The summed E-state index contributed by atoms with van der Waals surface area (Å²) < 4.78 is 1.91. The number of fused-ring (bicyclic) bond motifs is 1. The Morgan fingerprint density at radius 2 is 2.07 bits per heavy atom. The van der Waals surface area contributed by atoms with Crippen LogP contribution in [0.4, 0.5) is 0 Å². The molecule has 0 saturated heterocycles. The molecular weight excluding hydrogens is 192 g/mol. The fourth-order valence-electron chi connectivity index (χ4n) is 1.55. The fraction of sp³-hybridized carbons (Fsp3) is 0.500. The number of aromatic amines is 1. The minimum absolute atomic E-state index is 0.123. The smallest absolute Gasteiger partial charge is 0.310 e. The van der Waals surface area contributed by atoms with E-state index in [0.717, 1.165) is 11.2 Å². The van der Waals surface area contributed by atoms with Crippen LogP contribution in [0.1, 0.15) is 26.5 Å². The monoisotopic (exact) mass is 206 g/mol. The van der Waals surface area contributed by atoms with Gasteiger partial charge in [0.05, 0.1) is 6.33 Å². The van der Waals surface area contributed by atoms with Crippen LogP contribution in [0.5, 0.6) is 0 Å². The van der Waals surface area contributed by atoms with Crippen molar-refractivity contribution in [2.75, 3.05) is 0 Å². The van der Waals surface area contributed by atoms with Crippen LogP contribution in [0.2, 0.25) is 0 Å². The number of hydrogen-bond acceptors (Lipinski definition) is 3. The zero-order chi connectivity index (χ0) is 11.2. The Morgan fingerprint density at radius 3 is 2.67 bits per heavy atom. The molecule has 0 saturated carbocycles. The lowest BCUT2D eigenvalue weighted by atomic mass is 10.1. The molecule has 2 aromatic heterocycles. The standard InChI is InChI=1S/C10H14N4O/c1-6-7-8(13-9(15)12-6)14(5-11-7)10(2,3)4/h5H,1-4H3,(H,12,13,15). The summed E-state index contributed by atoms with van der Waals surface area (Å²) in [6, 6.07) is 0. The molecule has 2 rings (SSSR count). The van der Waals surface area contributed by atoms with Gasteiger partial charge in [0.25, 0.3) is 0 Å². The second kappa shape index (κ2) is 2.92. The summed E-state index contributed by atoms with van der Waals surface area (Å²) in [5.41, 5.74) is 1.70. The van der Waals surface area contributed by atoms with Crippen molar-refractivity contribution in [1.82, 2.24) is 19.5 Å². The van der Waals surface area contributed by atoms with Gasteiger partial charge >= 0.3 is 5.69 Å². The average molecular weight is 206 g/mol. The summed E-state index contributed by atoms with van der Waals surface area (Å²) in [5, 5.41) is 0. The van der Waals surface area contributed by atoms with E-state index in [4.69, 9.17) is 0 Å². The summed E-state index contributed by atoms with van der Waals surface area (Å²) >= 11 is 0. The Bertz CT molecular complexity index is 559. The maximum absolute atomic E-state index is 11.3. The molecule has 1 N–H and O–H groups in total. The van der Waals surface area contributed by atoms with E-state index in [2.05, 4.69) is 15.0 Å². The topological polar surface area (TPSA) is 63.6 Å². The van der Waals surface area contributed by atoms with Gasteiger partial charge in [0.2, 0.25) is 0 Å². The lowest BCUT2D eigenvalue weighted by Crippen LogP contribution is -2.23. The van der Waals surface area contributed by atoms with Crippen LogP contribution in [0.25, 0.3) is 11.2 Å². The van der Waals surface area contributed by atoms with Gasteiger partial charge in [0, 0.05) is 11.2 Å². The number of imidazole rings is 1. The molecule has 0 atom stereocenters. The quantitative estimate of drug-likeness (QED) is 0.704. The SMILES string of the molecule is Cc1[nH]c(=O)nc2c1ncn2C(C)(C)C. The Hall–Kier alpha value is -1.65. The molecule has 5 nitrogen and oxygen atoms in total. The normalized spacial score (nSPS) is 12.3. The third-order valence-electron chi connectivity index (χ3n) is 2.32. The second-order valence-electron chi connectivity index (χ2n) is 4.62. The molecule has 0 unspecified atom stereocenters. The number of hydrogen-bond donors (Lipinski definition) is 1. The molecule has 5 heteroatoms. The highest BCUT2D eigenvalue weighted by molar-refractivity contribution is 5.72. The number of nitrogens with one attached hydrogen (secondary N) is 1. The van der Waals surface area contributed by atoms with E-state index in [1.807, 2.05) is 32.3 Å². The van der Waals surface area contributed by atoms with Gasteiger partial charge < -0.3 is 9.55 Å². The van der Waals surface area contributed by atoms with Crippen molar-refractivity contribution in [2.45, 2.75) is 33.2 Å². The first kappa shape index (κ1) is 9.89. The first-order valence-electron chi connectivity index (χ1n) is 4.84. The first-order chi connectivity index (χ1) is 6.89.